The normalized spacial score (nSPS) is 16.0. The molecule has 1 aromatic rings. The van der Waals surface area contributed by atoms with Crippen LogP contribution in [0, 0.1) is 0 Å². The van der Waals surface area contributed by atoms with Gasteiger partial charge in [-0.05, 0) is 57.6 Å². The van der Waals surface area contributed by atoms with Crippen LogP contribution in [-0.4, -0.2) is 37.7 Å². The Bertz CT molecular complexity index is 439. The molecule has 0 saturated heterocycles. The Hall–Kier alpha value is -0.620. The van der Waals surface area contributed by atoms with Gasteiger partial charge in [-0.1, -0.05) is 22.9 Å². The molecule has 0 aliphatic carbocycles. The van der Waals surface area contributed by atoms with Gasteiger partial charge in [0, 0.05) is 16.1 Å². The summed E-state index contributed by atoms with van der Waals surface area (Å²) in [6, 6.07) is 6.16. The van der Waals surface area contributed by atoms with Gasteiger partial charge >= 0.3 is 0 Å². The van der Waals surface area contributed by atoms with Crippen LogP contribution in [0.5, 0.6) is 5.75 Å². The molecule has 0 amide bonds. The van der Waals surface area contributed by atoms with Crippen molar-refractivity contribution in [2.75, 3.05) is 21.2 Å². The van der Waals surface area contributed by atoms with E-state index in [0.717, 1.165) is 23.1 Å². The van der Waals surface area contributed by atoms with E-state index >= 15 is 0 Å². The molecule has 0 bridgehead atoms. The fourth-order valence-corrected chi connectivity index (χ4v) is 2.80. The molecule has 20 heavy (non-hydrogen) atoms. The SMILES string of the molecule is CCC(C)(C(Cc1cc(OC)ccc1Br)NN)N(C)C. The fourth-order valence-electron chi connectivity index (χ4n) is 2.39. The zero-order chi connectivity index (χ0) is 15.3. The van der Waals surface area contributed by atoms with E-state index < -0.39 is 0 Å². The number of halogens is 1. The summed E-state index contributed by atoms with van der Waals surface area (Å²) < 4.78 is 6.38. The number of hydrazine groups is 1. The molecular weight excluding hydrogens is 318 g/mol. The van der Waals surface area contributed by atoms with Crippen LogP contribution in [0.1, 0.15) is 25.8 Å². The number of nitrogens with two attached hydrogens (primary N) is 1. The van der Waals surface area contributed by atoms with E-state index in [-0.39, 0.29) is 11.6 Å². The molecule has 2 atom stereocenters. The summed E-state index contributed by atoms with van der Waals surface area (Å²) in [5, 5.41) is 0. The Balaban J connectivity index is 3.04. The van der Waals surface area contributed by atoms with Gasteiger partial charge in [0.05, 0.1) is 7.11 Å². The maximum absolute atomic E-state index is 5.82. The lowest BCUT2D eigenvalue weighted by atomic mass is 9.84. The molecule has 0 spiro atoms. The average molecular weight is 344 g/mol. The minimum Gasteiger partial charge on any atom is -0.497 e. The topological polar surface area (TPSA) is 50.5 Å². The molecule has 0 saturated carbocycles. The van der Waals surface area contributed by atoms with Crippen LogP contribution >= 0.6 is 15.9 Å². The molecule has 0 fully saturated rings. The van der Waals surface area contributed by atoms with E-state index in [1.807, 2.05) is 12.1 Å². The number of hydrogen-bond donors (Lipinski definition) is 2. The minimum atomic E-state index is -0.0166. The molecule has 4 nitrogen and oxygen atoms in total. The van der Waals surface area contributed by atoms with Gasteiger partial charge in [0.2, 0.25) is 0 Å². The first-order valence-corrected chi connectivity index (χ1v) is 7.64. The molecule has 5 heteroatoms. The van der Waals surface area contributed by atoms with Gasteiger partial charge in [0.25, 0.3) is 0 Å². The Morgan fingerprint density at radius 2 is 2.10 bits per heavy atom. The zero-order valence-electron chi connectivity index (χ0n) is 13.0. The Morgan fingerprint density at radius 1 is 1.45 bits per heavy atom. The van der Waals surface area contributed by atoms with Crippen molar-refractivity contribution >= 4 is 15.9 Å². The first-order valence-electron chi connectivity index (χ1n) is 6.85. The lowest BCUT2D eigenvalue weighted by Crippen LogP contribution is -2.59. The second-order valence-electron chi connectivity index (χ2n) is 5.49. The molecule has 2 unspecified atom stereocenters. The molecule has 1 aromatic carbocycles. The van der Waals surface area contributed by atoms with Gasteiger partial charge in [0.15, 0.2) is 0 Å². The second kappa shape index (κ2) is 7.41. The number of rotatable bonds is 7. The molecule has 114 valence electrons. The highest BCUT2D eigenvalue weighted by atomic mass is 79.9. The van der Waals surface area contributed by atoms with Crippen LogP contribution in [0.15, 0.2) is 22.7 Å². The lowest BCUT2D eigenvalue weighted by Gasteiger charge is -2.42. The first kappa shape index (κ1) is 17.4. The smallest absolute Gasteiger partial charge is 0.119 e. The summed E-state index contributed by atoms with van der Waals surface area (Å²) in [6.07, 6.45) is 1.84. The number of nitrogens with one attached hydrogen (secondary N) is 1. The van der Waals surface area contributed by atoms with E-state index in [0.29, 0.717) is 0 Å². The number of ether oxygens (including phenoxy) is 1. The lowest BCUT2D eigenvalue weighted by molar-refractivity contribution is 0.112. The highest BCUT2D eigenvalue weighted by molar-refractivity contribution is 9.10. The summed E-state index contributed by atoms with van der Waals surface area (Å²) in [5.41, 5.74) is 4.16. The van der Waals surface area contributed by atoms with Crippen molar-refractivity contribution in [3.63, 3.8) is 0 Å². The van der Waals surface area contributed by atoms with Crippen LogP contribution in [0.4, 0.5) is 0 Å². The van der Waals surface area contributed by atoms with Gasteiger partial charge in [0.1, 0.15) is 5.75 Å². The van der Waals surface area contributed by atoms with Crippen LogP contribution in [-0.2, 0) is 6.42 Å². The van der Waals surface area contributed by atoms with E-state index in [4.69, 9.17) is 10.6 Å². The maximum Gasteiger partial charge on any atom is 0.119 e. The number of methoxy groups -OCH3 is 1. The molecule has 0 aliphatic rings. The van der Waals surface area contributed by atoms with Crippen molar-refractivity contribution in [1.82, 2.24) is 10.3 Å². The third-order valence-corrected chi connectivity index (χ3v) is 5.14. The van der Waals surface area contributed by atoms with Crippen molar-refractivity contribution < 1.29 is 4.74 Å². The fraction of sp³-hybridized carbons (Fsp3) is 0.600. The van der Waals surface area contributed by atoms with Crippen LogP contribution in [0.2, 0.25) is 0 Å². The summed E-state index contributed by atoms with van der Waals surface area (Å²) in [6.45, 7) is 4.41. The molecule has 0 radical (unpaired) electrons. The summed E-state index contributed by atoms with van der Waals surface area (Å²) >= 11 is 3.61. The van der Waals surface area contributed by atoms with Crippen LogP contribution < -0.4 is 16.0 Å². The van der Waals surface area contributed by atoms with Crippen LogP contribution in [0.25, 0.3) is 0 Å². The number of hydrogen-bond acceptors (Lipinski definition) is 4. The molecule has 0 aromatic heterocycles. The Morgan fingerprint density at radius 3 is 2.55 bits per heavy atom. The van der Waals surface area contributed by atoms with E-state index in [1.54, 1.807) is 7.11 Å². The van der Waals surface area contributed by atoms with E-state index in [2.05, 4.69) is 60.3 Å². The summed E-state index contributed by atoms with van der Waals surface area (Å²) in [7, 11) is 5.87. The quantitative estimate of drug-likeness (QED) is 0.590. The minimum absolute atomic E-state index is 0.0166. The third kappa shape index (κ3) is 3.73. The van der Waals surface area contributed by atoms with Crippen molar-refractivity contribution in [1.29, 1.82) is 0 Å². The number of benzene rings is 1. The first-order chi connectivity index (χ1) is 9.38. The molecule has 0 heterocycles. The average Bonchev–Trinajstić information content (AvgIpc) is 2.45. The van der Waals surface area contributed by atoms with Gasteiger partial charge < -0.3 is 9.64 Å². The standard InChI is InChI=1S/C15H26BrN3O/c1-6-15(2,19(3)4)14(18-17)10-11-9-12(20-5)7-8-13(11)16/h7-9,14,18H,6,10,17H2,1-5H3. The van der Waals surface area contributed by atoms with Crippen molar-refractivity contribution in [2.45, 2.75) is 38.3 Å². The van der Waals surface area contributed by atoms with Gasteiger partial charge in [-0.15, -0.1) is 0 Å². The zero-order valence-corrected chi connectivity index (χ0v) is 14.6. The van der Waals surface area contributed by atoms with Crippen molar-refractivity contribution in [3.8, 4) is 5.75 Å². The van der Waals surface area contributed by atoms with E-state index in [1.165, 1.54) is 5.56 Å². The largest absolute Gasteiger partial charge is 0.497 e. The highest BCUT2D eigenvalue weighted by Crippen LogP contribution is 2.28. The number of likely N-dealkylation sites (N-methyl/N-ethyl adjacent to an activating group) is 1. The Labute approximate surface area is 130 Å². The predicted molar refractivity (Wildman–Crippen MR) is 87.9 cm³/mol. The molecular formula is C15H26BrN3O. The maximum atomic E-state index is 5.82. The van der Waals surface area contributed by atoms with Crippen LogP contribution in [0.3, 0.4) is 0 Å². The molecule has 0 aliphatic heterocycles. The summed E-state index contributed by atoms with van der Waals surface area (Å²) in [4.78, 5) is 2.23. The third-order valence-electron chi connectivity index (χ3n) is 4.37. The summed E-state index contributed by atoms with van der Waals surface area (Å²) in [5.74, 6) is 6.68. The van der Waals surface area contributed by atoms with Gasteiger partial charge in [-0.25, -0.2) is 0 Å². The second-order valence-corrected chi connectivity index (χ2v) is 6.34. The molecule has 1 rings (SSSR count). The van der Waals surface area contributed by atoms with Gasteiger partial charge in [-0.3, -0.25) is 11.3 Å². The number of nitrogens with zero attached hydrogens (tertiary/aromatic N) is 1. The predicted octanol–water partition coefficient (Wildman–Crippen LogP) is 2.56. The van der Waals surface area contributed by atoms with Gasteiger partial charge in [-0.2, -0.15) is 0 Å². The highest BCUT2D eigenvalue weighted by Gasteiger charge is 2.34. The monoisotopic (exact) mass is 343 g/mol. The van der Waals surface area contributed by atoms with E-state index in [9.17, 15) is 0 Å². The van der Waals surface area contributed by atoms with Crippen molar-refractivity contribution in [3.05, 3.63) is 28.2 Å². The molecule has 3 N–H and O–H groups in total. The Kier molecular flexibility index (Phi) is 6.45. The van der Waals surface area contributed by atoms with Crippen molar-refractivity contribution in [2.24, 2.45) is 5.84 Å².